The number of carbonyl (C=O) groups excluding carboxylic acids is 1. The molecule has 3 aliphatic rings. The van der Waals surface area contributed by atoms with Crippen LogP contribution in [-0.2, 0) is 11.0 Å². The van der Waals surface area contributed by atoms with Crippen molar-refractivity contribution in [2.75, 3.05) is 50.5 Å². The first-order valence-electron chi connectivity index (χ1n) is 15.4. The van der Waals surface area contributed by atoms with E-state index in [0.717, 1.165) is 68.3 Å². The predicted octanol–water partition coefficient (Wildman–Crippen LogP) is 6.02. The van der Waals surface area contributed by atoms with E-state index in [1.165, 1.54) is 6.08 Å². The number of ether oxygens (including phenoxy) is 1. The maximum absolute atomic E-state index is 16.9. The molecular weight excluding hydrogens is 641 g/mol. The zero-order valence-electron chi connectivity index (χ0n) is 25.5. The zero-order chi connectivity index (χ0) is 33.2. The Kier molecular flexibility index (Phi) is 7.73. The van der Waals surface area contributed by atoms with Crippen molar-refractivity contribution in [2.24, 2.45) is 0 Å². The maximum Gasteiger partial charge on any atom is 0.417 e. The number of benzene rings is 2. The normalized spacial score (nSPS) is 19.5. The van der Waals surface area contributed by atoms with Gasteiger partial charge in [0.25, 0.3) is 0 Å². The van der Waals surface area contributed by atoms with E-state index in [4.69, 9.17) is 10.5 Å². The average molecular weight is 674 g/mol. The molecule has 15 heteroatoms. The van der Waals surface area contributed by atoms with Gasteiger partial charge in [0, 0.05) is 42.7 Å². The molecule has 3 aliphatic heterocycles. The van der Waals surface area contributed by atoms with Crippen LogP contribution in [0.15, 0.2) is 30.9 Å². The molecule has 2 aromatic heterocycles. The van der Waals surface area contributed by atoms with Crippen LogP contribution in [0, 0.1) is 11.6 Å². The number of anilines is 2. The summed E-state index contributed by atoms with van der Waals surface area (Å²) in [4.78, 5) is 30.9. The summed E-state index contributed by atoms with van der Waals surface area (Å²) in [6.45, 7) is 6.36. The first kappa shape index (κ1) is 31.5. The Hall–Kier alpha value is -4.11. The van der Waals surface area contributed by atoms with E-state index in [0.29, 0.717) is 13.0 Å². The molecule has 3 fully saturated rings. The van der Waals surface area contributed by atoms with E-state index in [9.17, 15) is 22.4 Å². The number of amides is 1. The monoisotopic (exact) mass is 673 g/mol. The van der Waals surface area contributed by atoms with Crippen molar-refractivity contribution in [3.05, 3.63) is 48.1 Å². The topological polar surface area (TPSA) is 101 Å². The van der Waals surface area contributed by atoms with Gasteiger partial charge in [0.05, 0.1) is 21.3 Å². The van der Waals surface area contributed by atoms with Crippen molar-refractivity contribution >= 4 is 49.3 Å². The fourth-order valence-electron chi connectivity index (χ4n) is 7.43. The van der Waals surface area contributed by atoms with E-state index in [2.05, 4.69) is 26.4 Å². The number of likely N-dealkylation sites (N-methyl/N-ethyl adjacent to an activating group) is 1. The molecule has 9 nitrogen and oxygen atoms in total. The number of hydrogen-bond acceptors (Lipinski definition) is 9. The summed E-state index contributed by atoms with van der Waals surface area (Å²) in [5.41, 5.74) is 2.65. The highest BCUT2D eigenvalue weighted by Gasteiger charge is 2.45. The Morgan fingerprint density at radius 2 is 1.91 bits per heavy atom. The summed E-state index contributed by atoms with van der Waals surface area (Å²) >= 11 is 0.760. The second-order valence-electron chi connectivity index (χ2n) is 12.4. The lowest BCUT2D eigenvalue weighted by Gasteiger charge is -2.31. The van der Waals surface area contributed by atoms with Crippen LogP contribution < -0.4 is 15.4 Å². The van der Waals surface area contributed by atoms with Crippen LogP contribution in [0.25, 0.3) is 32.2 Å². The third-order valence-corrected chi connectivity index (χ3v) is 10.7. The van der Waals surface area contributed by atoms with Crippen molar-refractivity contribution in [1.29, 1.82) is 0 Å². The first-order chi connectivity index (χ1) is 22.4. The fraction of sp³-hybridized carbons (Fsp3) is 0.438. The largest absolute Gasteiger partial charge is 0.461 e. The van der Waals surface area contributed by atoms with Gasteiger partial charge in [-0.25, -0.2) is 13.8 Å². The van der Waals surface area contributed by atoms with E-state index in [1.807, 2.05) is 0 Å². The number of aromatic nitrogens is 3. The number of carbonyl (C=O) groups is 1. The highest BCUT2D eigenvalue weighted by atomic mass is 32.1. The molecule has 0 radical (unpaired) electrons. The number of alkyl halides is 3. The second-order valence-corrected chi connectivity index (χ2v) is 13.4. The lowest BCUT2D eigenvalue weighted by molar-refractivity contribution is -0.137. The van der Waals surface area contributed by atoms with Gasteiger partial charge < -0.3 is 20.3 Å². The highest BCUT2D eigenvalue weighted by molar-refractivity contribution is 7.22. The molecule has 7 rings (SSSR count). The van der Waals surface area contributed by atoms with Gasteiger partial charge in [0.2, 0.25) is 5.91 Å². The molecule has 47 heavy (non-hydrogen) atoms. The number of nitrogen functional groups attached to an aromatic ring is 1. The number of nitrogens with two attached hydrogens (primary N) is 1. The zero-order valence-corrected chi connectivity index (χ0v) is 26.4. The molecule has 0 saturated carbocycles. The van der Waals surface area contributed by atoms with Crippen LogP contribution in [0.2, 0.25) is 0 Å². The van der Waals surface area contributed by atoms with E-state index >= 15 is 4.39 Å². The molecule has 4 aromatic rings. The molecule has 1 amide bonds. The summed E-state index contributed by atoms with van der Waals surface area (Å²) in [7, 11) is 1.65. The molecule has 5 heterocycles. The molecule has 248 valence electrons. The van der Waals surface area contributed by atoms with Crippen molar-refractivity contribution in [3.8, 4) is 17.1 Å². The molecule has 3 saturated heterocycles. The summed E-state index contributed by atoms with van der Waals surface area (Å²) in [5.74, 6) is -2.24. The summed E-state index contributed by atoms with van der Waals surface area (Å²) < 4.78 is 82.1. The fourth-order valence-corrected chi connectivity index (χ4v) is 8.19. The third-order valence-electron chi connectivity index (χ3n) is 9.79. The minimum atomic E-state index is -5.02. The lowest BCUT2D eigenvalue weighted by Crippen LogP contribution is -2.43. The highest BCUT2D eigenvalue weighted by Crippen LogP contribution is 2.46. The van der Waals surface area contributed by atoms with Crippen LogP contribution >= 0.6 is 11.3 Å². The number of likely N-dealkylation sites (tertiary alicyclic amines) is 1. The molecule has 0 bridgehead atoms. The lowest BCUT2D eigenvalue weighted by atomic mass is 9.95. The molecule has 1 atom stereocenters. The van der Waals surface area contributed by atoms with Crippen molar-refractivity contribution < 1.29 is 31.5 Å². The van der Waals surface area contributed by atoms with Crippen molar-refractivity contribution in [2.45, 2.75) is 49.9 Å². The Balaban J connectivity index is 1.41. The molecule has 0 aliphatic carbocycles. The smallest absolute Gasteiger partial charge is 0.417 e. The number of thiazole rings is 1. The Morgan fingerprint density at radius 3 is 2.62 bits per heavy atom. The second kappa shape index (κ2) is 11.5. The average Bonchev–Trinajstić information content (AvgIpc) is 3.83. The summed E-state index contributed by atoms with van der Waals surface area (Å²) in [5, 5.41) is -0.254. The van der Waals surface area contributed by atoms with E-state index < -0.39 is 28.9 Å². The van der Waals surface area contributed by atoms with Gasteiger partial charge in [-0.2, -0.15) is 23.1 Å². The number of halogens is 5. The maximum atomic E-state index is 16.9. The van der Waals surface area contributed by atoms with Gasteiger partial charge in [-0.3, -0.25) is 9.69 Å². The van der Waals surface area contributed by atoms with Crippen molar-refractivity contribution in [3.63, 3.8) is 0 Å². The molecule has 2 N–H and O–H groups in total. The standard InChI is InChI=1S/C32H32F5N7O2S/c1-3-22(45)43-13-8-17(15-43)42(2)28-19-14-20(32(35,36)37)23(18-6-7-21(33)27-26(18)39-29(38)47-27)24(34)25(19)40-30(41-28)46-16-31-9-4-11-44(31)12-5-10-31/h3,6-7,14,17H,1,4-5,8-13,15-16H2,2H3,(H2,38,39). The van der Waals surface area contributed by atoms with Gasteiger partial charge in [0.15, 0.2) is 10.9 Å². The van der Waals surface area contributed by atoms with E-state index in [1.54, 1.807) is 16.8 Å². The molecule has 0 spiro atoms. The minimum absolute atomic E-state index is 0.0354. The van der Waals surface area contributed by atoms with Gasteiger partial charge in [-0.15, -0.1) is 0 Å². The van der Waals surface area contributed by atoms with Crippen LogP contribution in [0.4, 0.5) is 32.9 Å². The molecule has 2 aromatic carbocycles. The SMILES string of the molecule is C=CC(=O)N1CCC(N(C)c2nc(OCC34CCCN3CCC4)nc3c(F)c(-c4ccc(F)c5sc(N)nc45)c(C(F)(F)F)cc23)C1. The number of rotatable bonds is 7. The van der Waals surface area contributed by atoms with Crippen LogP contribution in [0.1, 0.15) is 37.7 Å². The minimum Gasteiger partial charge on any atom is -0.461 e. The Bertz CT molecular complexity index is 1900. The number of fused-ring (bicyclic) bond motifs is 3. The first-order valence-corrected chi connectivity index (χ1v) is 16.2. The Labute approximate surface area is 270 Å². The van der Waals surface area contributed by atoms with Gasteiger partial charge in [-0.05, 0) is 69.5 Å². The molecular formula is C32H32F5N7O2S. The third kappa shape index (κ3) is 5.32. The van der Waals surface area contributed by atoms with Crippen LogP contribution in [-0.4, -0.2) is 82.1 Å². The van der Waals surface area contributed by atoms with Crippen molar-refractivity contribution in [1.82, 2.24) is 24.8 Å². The summed E-state index contributed by atoms with van der Waals surface area (Å²) in [6.07, 6.45) is 0.567. The Morgan fingerprint density at radius 1 is 1.17 bits per heavy atom. The number of nitrogens with zero attached hydrogens (tertiary/aromatic N) is 6. The van der Waals surface area contributed by atoms with Gasteiger partial charge in [-0.1, -0.05) is 17.9 Å². The quantitative estimate of drug-likeness (QED) is 0.188. The summed E-state index contributed by atoms with van der Waals surface area (Å²) in [6, 6.07) is 2.35. The van der Waals surface area contributed by atoms with Gasteiger partial charge in [0.1, 0.15) is 23.8 Å². The predicted molar refractivity (Wildman–Crippen MR) is 169 cm³/mol. The van der Waals surface area contributed by atoms with Crippen LogP contribution in [0.5, 0.6) is 6.01 Å². The number of hydrogen-bond donors (Lipinski definition) is 1. The molecule has 1 unspecified atom stereocenters. The van der Waals surface area contributed by atoms with Gasteiger partial charge >= 0.3 is 12.2 Å². The van der Waals surface area contributed by atoms with E-state index in [-0.39, 0.29) is 74.3 Å². The van der Waals surface area contributed by atoms with Crippen LogP contribution in [0.3, 0.4) is 0 Å².